The molecular formula is C21H33N3O5S2. The van der Waals surface area contributed by atoms with E-state index < -0.39 is 20.0 Å². The molecular weight excluding hydrogens is 438 g/mol. The van der Waals surface area contributed by atoms with Crippen LogP contribution in [0.15, 0.2) is 34.1 Å². The molecule has 10 heteroatoms. The summed E-state index contributed by atoms with van der Waals surface area (Å²) in [6, 6.07) is 5.47. The van der Waals surface area contributed by atoms with Crippen molar-refractivity contribution in [3.05, 3.63) is 24.3 Å². The predicted octanol–water partition coefficient (Wildman–Crippen LogP) is 2.08. The molecule has 8 nitrogen and oxygen atoms in total. The van der Waals surface area contributed by atoms with Crippen molar-refractivity contribution in [1.82, 2.24) is 14.3 Å². The topological polar surface area (TPSA) is 113 Å². The molecule has 2 fully saturated rings. The molecule has 1 saturated carbocycles. The highest BCUT2D eigenvalue weighted by Gasteiger charge is 2.34. The molecule has 31 heavy (non-hydrogen) atoms. The van der Waals surface area contributed by atoms with E-state index in [0.29, 0.717) is 25.9 Å². The summed E-state index contributed by atoms with van der Waals surface area (Å²) in [4.78, 5) is 12.7. The minimum Gasteiger partial charge on any atom is -0.353 e. The number of sulfonamides is 2. The second-order valence-corrected chi connectivity index (χ2v) is 12.6. The van der Waals surface area contributed by atoms with Gasteiger partial charge in [0, 0.05) is 25.7 Å². The van der Waals surface area contributed by atoms with Gasteiger partial charge in [0.1, 0.15) is 0 Å². The quantitative estimate of drug-likeness (QED) is 0.603. The van der Waals surface area contributed by atoms with Crippen molar-refractivity contribution in [1.29, 1.82) is 0 Å². The van der Waals surface area contributed by atoms with Gasteiger partial charge in [0.15, 0.2) is 0 Å². The zero-order valence-electron chi connectivity index (χ0n) is 18.2. The van der Waals surface area contributed by atoms with Crippen molar-refractivity contribution in [3.8, 4) is 0 Å². The summed E-state index contributed by atoms with van der Waals surface area (Å²) in [6.45, 7) is 4.61. The Morgan fingerprint density at radius 1 is 1.00 bits per heavy atom. The van der Waals surface area contributed by atoms with Crippen LogP contribution in [0.25, 0.3) is 0 Å². The van der Waals surface area contributed by atoms with Crippen LogP contribution in [0.4, 0.5) is 0 Å². The van der Waals surface area contributed by atoms with Crippen LogP contribution in [0.1, 0.15) is 52.4 Å². The molecule has 1 aromatic carbocycles. The maximum atomic E-state index is 13.1. The number of carbonyl (C=O) groups is 1. The zero-order chi connectivity index (χ0) is 22.6. The number of carbonyl (C=O) groups excluding carboxylic acids is 1. The third-order valence-electron chi connectivity index (χ3n) is 5.91. The van der Waals surface area contributed by atoms with Crippen molar-refractivity contribution in [2.24, 2.45) is 11.8 Å². The van der Waals surface area contributed by atoms with Crippen molar-refractivity contribution in [3.63, 3.8) is 0 Å². The molecule has 0 aromatic heterocycles. The molecule has 0 spiro atoms. The first-order chi connectivity index (χ1) is 14.6. The van der Waals surface area contributed by atoms with Crippen LogP contribution in [0.3, 0.4) is 0 Å². The smallest absolute Gasteiger partial charge is 0.243 e. The number of nitrogens with zero attached hydrogens (tertiary/aromatic N) is 1. The van der Waals surface area contributed by atoms with Crippen LogP contribution in [-0.2, 0) is 24.8 Å². The fourth-order valence-corrected chi connectivity index (χ4v) is 6.80. The molecule has 0 bridgehead atoms. The maximum absolute atomic E-state index is 13.1. The standard InChI is InChI=1S/C21H33N3O5S2/c1-16(2)14-22-30(26,27)19-9-11-20(12-10-19)31(28,29)24-13-5-6-17(15-24)21(25)23-18-7-3-4-8-18/h9-12,16-18,22H,3-8,13-15H2,1-2H3,(H,23,25)/t17-/m1/s1. The number of amides is 1. The number of nitrogens with one attached hydrogen (secondary N) is 2. The van der Waals surface area contributed by atoms with Gasteiger partial charge in [-0.2, -0.15) is 4.31 Å². The van der Waals surface area contributed by atoms with E-state index in [1.807, 2.05) is 13.8 Å². The van der Waals surface area contributed by atoms with Gasteiger partial charge in [-0.3, -0.25) is 4.79 Å². The molecule has 1 saturated heterocycles. The van der Waals surface area contributed by atoms with Crippen molar-refractivity contribution < 1.29 is 21.6 Å². The predicted molar refractivity (Wildman–Crippen MR) is 118 cm³/mol. The first-order valence-electron chi connectivity index (χ1n) is 11.0. The second kappa shape index (κ2) is 9.97. The number of piperidine rings is 1. The molecule has 1 aliphatic carbocycles. The minimum absolute atomic E-state index is 0.0274. The SMILES string of the molecule is CC(C)CNS(=O)(=O)c1ccc(S(=O)(=O)N2CCC[C@@H](C(=O)NC3CCCC3)C2)cc1. The highest BCUT2D eigenvalue weighted by Crippen LogP contribution is 2.26. The molecule has 1 amide bonds. The Balaban J connectivity index is 1.68. The van der Waals surface area contributed by atoms with Gasteiger partial charge >= 0.3 is 0 Å². The average Bonchev–Trinajstić information content (AvgIpc) is 3.25. The number of hydrogen-bond acceptors (Lipinski definition) is 5. The van der Waals surface area contributed by atoms with Gasteiger partial charge < -0.3 is 5.32 Å². The van der Waals surface area contributed by atoms with Gasteiger partial charge in [0.2, 0.25) is 26.0 Å². The summed E-state index contributed by atoms with van der Waals surface area (Å²) in [7, 11) is -7.49. The summed E-state index contributed by atoms with van der Waals surface area (Å²) in [6.07, 6.45) is 5.50. The van der Waals surface area contributed by atoms with E-state index in [4.69, 9.17) is 0 Å². The first kappa shape index (κ1) is 24.2. The van der Waals surface area contributed by atoms with Crippen molar-refractivity contribution >= 4 is 26.0 Å². The third kappa shape index (κ3) is 6.06. The van der Waals surface area contributed by atoms with E-state index >= 15 is 0 Å². The highest BCUT2D eigenvalue weighted by molar-refractivity contribution is 7.89. The Kier molecular flexibility index (Phi) is 7.77. The van der Waals surface area contributed by atoms with Crippen molar-refractivity contribution in [2.75, 3.05) is 19.6 Å². The fraction of sp³-hybridized carbons (Fsp3) is 0.667. The molecule has 1 heterocycles. The first-order valence-corrected chi connectivity index (χ1v) is 13.9. The van der Waals surface area contributed by atoms with Gasteiger partial charge in [-0.1, -0.05) is 26.7 Å². The summed E-state index contributed by atoms with van der Waals surface area (Å²) >= 11 is 0. The molecule has 1 aromatic rings. The number of hydrogen-bond donors (Lipinski definition) is 2. The second-order valence-electron chi connectivity index (χ2n) is 8.91. The van der Waals surface area contributed by atoms with Crippen LogP contribution in [0.2, 0.25) is 0 Å². The molecule has 0 radical (unpaired) electrons. The Labute approximate surface area is 185 Å². The Morgan fingerprint density at radius 2 is 1.61 bits per heavy atom. The average molecular weight is 472 g/mol. The molecule has 3 rings (SSSR count). The van der Waals surface area contributed by atoms with E-state index in [2.05, 4.69) is 10.0 Å². The Morgan fingerprint density at radius 3 is 2.23 bits per heavy atom. The molecule has 2 N–H and O–H groups in total. The summed E-state index contributed by atoms with van der Waals surface area (Å²) < 4.78 is 54.8. The maximum Gasteiger partial charge on any atom is 0.243 e. The van der Waals surface area contributed by atoms with E-state index in [1.165, 1.54) is 28.6 Å². The van der Waals surface area contributed by atoms with Crippen LogP contribution < -0.4 is 10.0 Å². The van der Waals surface area contributed by atoms with Crippen LogP contribution in [0.5, 0.6) is 0 Å². The van der Waals surface area contributed by atoms with E-state index in [1.54, 1.807) is 0 Å². The molecule has 1 aliphatic heterocycles. The number of rotatable bonds is 8. The fourth-order valence-electron chi connectivity index (χ4n) is 4.06. The monoisotopic (exact) mass is 471 g/mol. The molecule has 1 atom stereocenters. The normalized spacial score (nSPS) is 21.5. The highest BCUT2D eigenvalue weighted by atomic mass is 32.2. The number of benzene rings is 1. The lowest BCUT2D eigenvalue weighted by Crippen LogP contribution is -2.47. The lowest BCUT2D eigenvalue weighted by Gasteiger charge is -2.31. The van der Waals surface area contributed by atoms with Crippen LogP contribution in [-0.4, -0.2) is 52.7 Å². The zero-order valence-corrected chi connectivity index (χ0v) is 19.8. The van der Waals surface area contributed by atoms with Crippen LogP contribution in [0, 0.1) is 11.8 Å². The van der Waals surface area contributed by atoms with Gasteiger partial charge in [-0.05, 0) is 55.9 Å². The van der Waals surface area contributed by atoms with E-state index in [0.717, 1.165) is 25.7 Å². The minimum atomic E-state index is -3.81. The van der Waals surface area contributed by atoms with Gasteiger partial charge in [0.25, 0.3) is 0 Å². The van der Waals surface area contributed by atoms with Gasteiger partial charge in [0.05, 0.1) is 15.7 Å². The van der Waals surface area contributed by atoms with E-state index in [9.17, 15) is 21.6 Å². The molecule has 2 aliphatic rings. The van der Waals surface area contributed by atoms with E-state index in [-0.39, 0.29) is 40.1 Å². The summed E-state index contributed by atoms with van der Waals surface area (Å²) in [5, 5.41) is 3.07. The largest absolute Gasteiger partial charge is 0.353 e. The lowest BCUT2D eigenvalue weighted by atomic mass is 9.98. The van der Waals surface area contributed by atoms with Gasteiger partial charge in [-0.25, -0.2) is 21.6 Å². The third-order valence-corrected chi connectivity index (χ3v) is 9.23. The van der Waals surface area contributed by atoms with Crippen LogP contribution >= 0.6 is 0 Å². The Hall–Kier alpha value is -1.49. The Bertz CT molecular complexity index is 969. The molecule has 0 unspecified atom stereocenters. The van der Waals surface area contributed by atoms with Crippen molar-refractivity contribution in [2.45, 2.75) is 68.2 Å². The summed E-state index contributed by atoms with van der Waals surface area (Å²) in [5.74, 6) is -0.263. The van der Waals surface area contributed by atoms with Gasteiger partial charge in [-0.15, -0.1) is 0 Å². The molecule has 174 valence electrons. The summed E-state index contributed by atoms with van der Waals surface area (Å²) in [5.41, 5.74) is 0. The lowest BCUT2D eigenvalue weighted by molar-refractivity contribution is -0.126.